The van der Waals surface area contributed by atoms with Crippen LogP contribution >= 0.6 is 11.3 Å². The van der Waals surface area contributed by atoms with Gasteiger partial charge in [0.25, 0.3) is 0 Å². The number of aromatic nitrogens is 1. The minimum Gasteiger partial charge on any atom is -0.313 e. The molecular formula is C14H26N2S. The summed E-state index contributed by atoms with van der Waals surface area (Å²) >= 11 is 1.75. The van der Waals surface area contributed by atoms with Crippen molar-refractivity contribution in [1.82, 2.24) is 10.3 Å². The molecule has 17 heavy (non-hydrogen) atoms. The SMILES string of the molecule is CCCNC(Cc1csc(C)n1)C(C)(C)CC. The summed E-state index contributed by atoms with van der Waals surface area (Å²) in [6, 6.07) is 0.522. The Bertz CT molecular complexity index is 331. The van der Waals surface area contributed by atoms with Crippen molar-refractivity contribution in [3.05, 3.63) is 16.1 Å². The van der Waals surface area contributed by atoms with Gasteiger partial charge in [-0.05, 0) is 31.7 Å². The van der Waals surface area contributed by atoms with E-state index in [9.17, 15) is 0 Å². The Hall–Kier alpha value is -0.410. The fourth-order valence-electron chi connectivity index (χ4n) is 1.90. The summed E-state index contributed by atoms with van der Waals surface area (Å²) < 4.78 is 0. The van der Waals surface area contributed by atoms with Gasteiger partial charge in [-0.15, -0.1) is 11.3 Å². The zero-order valence-electron chi connectivity index (χ0n) is 11.8. The summed E-state index contributed by atoms with van der Waals surface area (Å²) in [5, 5.41) is 7.05. The van der Waals surface area contributed by atoms with Crippen LogP contribution in [0.4, 0.5) is 0 Å². The summed E-state index contributed by atoms with van der Waals surface area (Å²) in [5.41, 5.74) is 1.56. The molecule has 0 saturated carbocycles. The largest absolute Gasteiger partial charge is 0.313 e. The summed E-state index contributed by atoms with van der Waals surface area (Å²) in [4.78, 5) is 4.58. The highest BCUT2D eigenvalue weighted by Crippen LogP contribution is 2.27. The van der Waals surface area contributed by atoms with E-state index in [1.807, 2.05) is 0 Å². The minimum absolute atomic E-state index is 0.326. The van der Waals surface area contributed by atoms with E-state index in [2.05, 4.69) is 50.3 Å². The van der Waals surface area contributed by atoms with Crippen molar-refractivity contribution in [3.8, 4) is 0 Å². The number of nitrogens with zero attached hydrogens (tertiary/aromatic N) is 1. The molecular weight excluding hydrogens is 228 g/mol. The molecule has 0 radical (unpaired) electrons. The minimum atomic E-state index is 0.326. The van der Waals surface area contributed by atoms with Crippen LogP contribution in [0.2, 0.25) is 0 Å². The number of nitrogens with one attached hydrogen (secondary N) is 1. The van der Waals surface area contributed by atoms with Gasteiger partial charge in [0.05, 0.1) is 10.7 Å². The lowest BCUT2D eigenvalue weighted by Crippen LogP contribution is -2.43. The molecule has 0 aliphatic heterocycles. The fraction of sp³-hybridized carbons (Fsp3) is 0.786. The van der Waals surface area contributed by atoms with Crippen LogP contribution in [0.5, 0.6) is 0 Å². The van der Waals surface area contributed by atoms with Crippen LogP contribution in [0.1, 0.15) is 51.2 Å². The lowest BCUT2D eigenvalue weighted by atomic mass is 9.79. The molecule has 2 nitrogen and oxygen atoms in total. The number of hydrogen-bond acceptors (Lipinski definition) is 3. The van der Waals surface area contributed by atoms with Crippen LogP contribution in [0.15, 0.2) is 5.38 Å². The van der Waals surface area contributed by atoms with E-state index >= 15 is 0 Å². The zero-order valence-corrected chi connectivity index (χ0v) is 12.7. The van der Waals surface area contributed by atoms with Gasteiger partial charge >= 0.3 is 0 Å². The number of rotatable bonds is 7. The molecule has 0 fully saturated rings. The zero-order chi connectivity index (χ0) is 12.9. The third-order valence-corrected chi connectivity index (χ3v) is 4.40. The molecule has 1 aromatic rings. The molecule has 0 spiro atoms. The topological polar surface area (TPSA) is 24.9 Å². The van der Waals surface area contributed by atoms with Gasteiger partial charge in [-0.3, -0.25) is 0 Å². The highest BCUT2D eigenvalue weighted by atomic mass is 32.1. The van der Waals surface area contributed by atoms with Crippen molar-refractivity contribution in [1.29, 1.82) is 0 Å². The Balaban J connectivity index is 2.69. The first-order valence-electron chi connectivity index (χ1n) is 6.64. The third kappa shape index (κ3) is 4.40. The standard InChI is InChI=1S/C14H26N2S/c1-6-8-15-13(14(4,5)7-2)9-12-10-17-11(3)16-12/h10,13,15H,6-9H2,1-5H3. The van der Waals surface area contributed by atoms with Crippen LogP contribution in [0, 0.1) is 12.3 Å². The maximum absolute atomic E-state index is 4.58. The second kappa shape index (κ2) is 6.50. The summed E-state index contributed by atoms with van der Waals surface area (Å²) in [6.07, 6.45) is 3.43. The van der Waals surface area contributed by atoms with Gasteiger partial charge in [0.15, 0.2) is 0 Å². The first kappa shape index (κ1) is 14.7. The van der Waals surface area contributed by atoms with Crippen LogP contribution in [-0.2, 0) is 6.42 Å². The molecule has 98 valence electrons. The van der Waals surface area contributed by atoms with Crippen molar-refractivity contribution in [2.75, 3.05) is 6.54 Å². The predicted molar refractivity (Wildman–Crippen MR) is 76.7 cm³/mol. The molecule has 3 heteroatoms. The van der Waals surface area contributed by atoms with Gasteiger partial charge in [0, 0.05) is 17.8 Å². The molecule has 1 aromatic heterocycles. The molecule has 1 rings (SSSR count). The van der Waals surface area contributed by atoms with Gasteiger partial charge in [-0.25, -0.2) is 4.98 Å². The lowest BCUT2D eigenvalue weighted by molar-refractivity contribution is 0.229. The van der Waals surface area contributed by atoms with Gasteiger partial charge in [-0.2, -0.15) is 0 Å². The van der Waals surface area contributed by atoms with Gasteiger partial charge in [0.2, 0.25) is 0 Å². The monoisotopic (exact) mass is 254 g/mol. The van der Waals surface area contributed by atoms with Crippen molar-refractivity contribution < 1.29 is 0 Å². The summed E-state index contributed by atoms with van der Waals surface area (Å²) in [5.74, 6) is 0. The summed E-state index contributed by atoms with van der Waals surface area (Å²) in [6.45, 7) is 12.4. The maximum Gasteiger partial charge on any atom is 0.0897 e. The number of hydrogen-bond donors (Lipinski definition) is 1. The van der Waals surface area contributed by atoms with Gasteiger partial charge in [-0.1, -0.05) is 27.7 Å². The second-order valence-corrected chi connectivity index (χ2v) is 6.47. The van der Waals surface area contributed by atoms with E-state index in [1.165, 1.54) is 23.5 Å². The van der Waals surface area contributed by atoms with Crippen molar-refractivity contribution >= 4 is 11.3 Å². The average Bonchev–Trinajstić information content (AvgIpc) is 2.70. The van der Waals surface area contributed by atoms with Crippen molar-refractivity contribution in [3.63, 3.8) is 0 Å². The van der Waals surface area contributed by atoms with E-state index in [-0.39, 0.29) is 0 Å². The van der Waals surface area contributed by atoms with Crippen LogP contribution in [0.25, 0.3) is 0 Å². The third-order valence-electron chi connectivity index (χ3n) is 3.58. The molecule has 0 aromatic carbocycles. The second-order valence-electron chi connectivity index (χ2n) is 5.41. The van der Waals surface area contributed by atoms with E-state index in [4.69, 9.17) is 0 Å². The van der Waals surface area contributed by atoms with Crippen molar-refractivity contribution in [2.24, 2.45) is 5.41 Å². The van der Waals surface area contributed by atoms with Gasteiger partial charge < -0.3 is 5.32 Å². The van der Waals surface area contributed by atoms with E-state index < -0.39 is 0 Å². The van der Waals surface area contributed by atoms with E-state index in [0.29, 0.717) is 11.5 Å². The smallest absolute Gasteiger partial charge is 0.0897 e. The Morgan fingerprint density at radius 1 is 1.41 bits per heavy atom. The predicted octanol–water partition coefficient (Wildman–Crippen LogP) is 3.80. The molecule has 0 bridgehead atoms. The Labute approximate surface area is 110 Å². The Kier molecular flexibility index (Phi) is 5.60. The molecule has 0 saturated heterocycles. The summed E-state index contributed by atoms with van der Waals surface area (Å²) in [7, 11) is 0. The normalized spacial score (nSPS) is 13.9. The quantitative estimate of drug-likeness (QED) is 0.800. The maximum atomic E-state index is 4.58. The molecule has 0 aliphatic carbocycles. The highest BCUT2D eigenvalue weighted by molar-refractivity contribution is 7.09. The first-order valence-corrected chi connectivity index (χ1v) is 7.52. The van der Waals surface area contributed by atoms with E-state index in [1.54, 1.807) is 11.3 Å². The van der Waals surface area contributed by atoms with Crippen molar-refractivity contribution in [2.45, 2.75) is 59.9 Å². The molecule has 1 atom stereocenters. The molecule has 1 N–H and O–H groups in total. The molecule has 0 aliphatic rings. The van der Waals surface area contributed by atoms with Crippen LogP contribution in [0.3, 0.4) is 0 Å². The average molecular weight is 254 g/mol. The van der Waals surface area contributed by atoms with Gasteiger partial charge in [0.1, 0.15) is 0 Å². The molecule has 0 amide bonds. The molecule has 1 unspecified atom stereocenters. The first-order chi connectivity index (χ1) is 7.99. The Morgan fingerprint density at radius 2 is 2.12 bits per heavy atom. The van der Waals surface area contributed by atoms with Crippen LogP contribution in [-0.4, -0.2) is 17.6 Å². The molecule has 1 heterocycles. The van der Waals surface area contributed by atoms with E-state index in [0.717, 1.165) is 13.0 Å². The Morgan fingerprint density at radius 3 is 2.59 bits per heavy atom. The van der Waals surface area contributed by atoms with Crippen LogP contribution < -0.4 is 5.32 Å². The lowest BCUT2D eigenvalue weighted by Gasteiger charge is -2.34. The number of thiazole rings is 1. The fourth-order valence-corrected chi connectivity index (χ4v) is 2.53. The number of aryl methyl sites for hydroxylation is 1. The highest BCUT2D eigenvalue weighted by Gasteiger charge is 2.27.